The van der Waals surface area contributed by atoms with Crippen molar-refractivity contribution in [1.29, 1.82) is 0 Å². The van der Waals surface area contributed by atoms with Crippen molar-refractivity contribution in [2.24, 2.45) is 0 Å². The number of nitrogens with zero attached hydrogens (tertiary/aromatic N) is 5. The highest BCUT2D eigenvalue weighted by atomic mass is 79.9. The van der Waals surface area contributed by atoms with Gasteiger partial charge in [0.15, 0.2) is 0 Å². The number of methoxy groups -OCH3 is 1. The summed E-state index contributed by atoms with van der Waals surface area (Å²) in [6, 6.07) is 1.26. The van der Waals surface area contributed by atoms with Crippen molar-refractivity contribution < 1.29 is 9.66 Å². The van der Waals surface area contributed by atoms with Crippen LogP contribution in [-0.4, -0.2) is 31.8 Å². The third kappa shape index (κ3) is 2.23. The molecule has 0 aliphatic carbocycles. The van der Waals surface area contributed by atoms with Crippen LogP contribution in [0, 0.1) is 10.1 Å². The van der Waals surface area contributed by atoms with Gasteiger partial charge in [0.05, 0.1) is 35.1 Å². The zero-order chi connectivity index (χ0) is 12.4. The summed E-state index contributed by atoms with van der Waals surface area (Å²) in [7, 11) is 1.46. The molecule has 0 aliphatic rings. The fourth-order valence-electron chi connectivity index (χ4n) is 1.12. The Bertz CT molecular complexity index is 570. The first kappa shape index (κ1) is 11.5. The van der Waals surface area contributed by atoms with E-state index >= 15 is 0 Å². The van der Waals surface area contributed by atoms with Gasteiger partial charge in [0.2, 0.25) is 5.88 Å². The molecule has 2 aromatic heterocycles. The third-order valence-corrected chi connectivity index (χ3v) is 2.40. The van der Waals surface area contributed by atoms with E-state index in [1.807, 2.05) is 0 Å². The molecule has 0 spiro atoms. The number of nitro groups is 1. The molecule has 2 aromatic rings. The molecule has 0 radical (unpaired) electrons. The Hall–Kier alpha value is -2.03. The highest BCUT2D eigenvalue weighted by molar-refractivity contribution is 9.10. The third-order valence-electron chi connectivity index (χ3n) is 1.86. The molecule has 0 unspecified atom stereocenters. The summed E-state index contributed by atoms with van der Waals surface area (Å²) in [6.07, 6.45) is 2.88. The minimum absolute atomic E-state index is 0.193. The van der Waals surface area contributed by atoms with Crippen molar-refractivity contribution in [3.63, 3.8) is 0 Å². The molecule has 0 aliphatic heterocycles. The molecule has 0 amide bonds. The Balaban J connectivity index is 2.42. The molecule has 2 rings (SSSR count). The van der Waals surface area contributed by atoms with E-state index in [1.165, 1.54) is 30.3 Å². The number of rotatable bonds is 3. The second-order valence-corrected chi connectivity index (χ2v) is 3.76. The summed E-state index contributed by atoms with van der Waals surface area (Å²) in [6.45, 7) is 0. The molecule has 2 heterocycles. The van der Waals surface area contributed by atoms with Crippen molar-refractivity contribution in [3.8, 4) is 11.8 Å². The van der Waals surface area contributed by atoms with E-state index in [0.29, 0.717) is 10.4 Å². The van der Waals surface area contributed by atoms with E-state index in [9.17, 15) is 10.1 Å². The Morgan fingerprint density at radius 1 is 1.59 bits per heavy atom. The van der Waals surface area contributed by atoms with Gasteiger partial charge in [-0.1, -0.05) is 0 Å². The van der Waals surface area contributed by atoms with E-state index in [0.717, 1.165) is 0 Å². The molecule has 0 fully saturated rings. The first-order valence-electron chi connectivity index (χ1n) is 4.39. The number of halogens is 1. The van der Waals surface area contributed by atoms with Crippen LogP contribution in [0.1, 0.15) is 0 Å². The van der Waals surface area contributed by atoms with Crippen molar-refractivity contribution in [2.75, 3.05) is 7.11 Å². The average Bonchev–Trinajstić information content (AvgIpc) is 2.79. The minimum Gasteiger partial charge on any atom is -0.480 e. The maximum atomic E-state index is 10.5. The van der Waals surface area contributed by atoms with Crippen LogP contribution in [-0.2, 0) is 0 Å². The van der Waals surface area contributed by atoms with Gasteiger partial charge in [0, 0.05) is 0 Å². The summed E-state index contributed by atoms with van der Waals surface area (Å²) in [4.78, 5) is 17.9. The fourth-order valence-corrected chi connectivity index (χ4v) is 1.47. The average molecular weight is 300 g/mol. The molecule has 0 saturated carbocycles. The lowest BCUT2D eigenvalue weighted by molar-refractivity contribution is -0.389. The Labute approximate surface area is 104 Å². The van der Waals surface area contributed by atoms with Crippen molar-refractivity contribution in [1.82, 2.24) is 19.7 Å². The van der Waals surface area contributed by atoms with Crippen LogP contribution >= 0.6 is 15.9 Å². The van der Waals surface area contributed by atoms with Gasteiger partial charge in [-0.3, -0.25) is 0 Å². The topological polar surface area (TPSA) is 96.0 Å². The normalized spacial score (nSPS) is 10.2. The van der Waals surface area contributed by atoms with Crippen LogP contribution in [0.15, 0.2) is 22.9 Å². The molecule has 0 aromatic carbocycles. The molecule has 88 valence electrons. The number of aromatic nitrogens is 4. The summed E-state index contributed by atoms with van der Waals surface area (Å²) in [5.41, 5.74) is 0. The lowest BCUT2D eigenvalue weighted by Crippen LogP contribution is -2.03. The zero-order valence-corrected chi connectivity index (χ0v) is 10.2. The summed E-state index contributed by atoms with van der Waals surface area (Å²) < 4.78 is 6.78. The Morgan fingerprint density at radius 3 is 2.94 bits per heavy atom. The van der Waals surface area contributed by atoms with Crippen LogP contribution < -0.4 is 4.74 Å². The van der Waals surface area contributed by atoms with Gasteiger partial charge in [-0.25, -0.2) is 4.98 Å². The second kappa shape index (κ2) is 4.45. The maximum absolute atomic E-state index is 10.5. The number of hydrogen-bond acceptors (Lipinski definition) is 6. The zero-order valence-electron chi connectivity index (χ0n) is 8.57. The lowest BCUT2D eigenvalue weighted by atomic mass is 10.6. The van der Waals surface area contributed by atoms with Gasteiger partial charge < -0.3 is 14.9 Å². The van der Waals surface area contributed by atoms with E-state index in [1.54, 1.807) is 0 Å². The second-order valence-electron chi connectivity index (χ2n) is 2.90. The quantitative estimate of drug-likeness (QED) is 0.627. The van der Waals surface area contributed by atoms with Crippen molar-refractivity contribution in [3.05, 3.63) is 33.0 Å². The first-order chi connectivity index (χ1) is 8.11. The van der Waals surface area contributed by atoms with Crippen molar-refractivity contribution >= 4 is 21.7 Å². The Kier molecular flexibility index (Phi) is 3.00. The molecule has 0 saturated heterocycles. The Morgan fingerprint density at radius 2 is 2.35 bits per heavy atom. The highest BCUT2D eigenvalue weighted by Gasteiger charge is 2.15. The predicted octanol–water partition coefficient (Wildman–Crippen LogP) is 1.34. The molecular weight excluding hydrogens is 294 g/mol. The molecule has 0 N–H and O–H groups in total. The highest BCUT2D eigenvalue weighted by Crippen LogP contribution is 2.21. The molecular formula is C8H6BrN5O3. The van der Waals surface area contributed by atoms with E-state index in [2.05, 4.69) is 31.0 Å². The van der Waals surface area contributed by atoms with Gasteiger partial charge in [-0.2, -0.15) is 4.98 Å². The van der Waals surface area contributed by atoms with E-state index in [-0.39, 0.29) is 11.8 Å². The van der Waals surface area contributed by atoms with Crippen molar-refractivity contribution in [2.45, 2.75) is 0 Å². The monoisotopic (exact) mass is 299 g/mol. The first-order valence-corrected chi connectivity index (χ1v) is 5.18. The minimum atomic E-state index is -0.591. The van der Waals surface area contributed by atoms with Crippen LogP contribution in [0.4, 0.5) is 5.82 Å². The smallest absolute Gasteiger partial charge is 0.390 e. The molecule has 8 nitrogen and oxygen atoms in total. The summed E-state index contributed by atoms with van der Waals surface area (Å²) >= 11 is 3.20. The molecule has 0 bridgehead atoms. The lowest BCUT2D eigenvalue weighted by Gasteiger charge is -2.01. The van der Waals surface area contributed by atoms with Crippen LogP contribution in [0.3, 0.4) is 0 Å². The van der Waals surface area contributed by atoms with Gasteiger partial charge in [-0.15, -0.1) is 4.68 Å². The maximum Gasteiger partial charge on any atom is 0.390 e. The fraction of sp³-hybridized carbons (Fsp3) is 0.125. The number of hydrogen-bond donors (Lipinski definition) is 0. The summed E-state index contributed by atoms with van der Waals surface area (Å²) in [5.74, 6) is 0.252. The predicted molar refractivity (Wildman–Crippen MR) is 60.1 cm³/mol. The largest absolute Gasteiger partial charge is 0.480 e. The van der Waals surface area contributed by atoms with Crippen LogP contribution in [0.2, 0.25) is 0 Å². The van der Waals surface area contributed by atoms with Gasteiger partial charge in [0.25, 0.3) is 5.95 Å². The summed E-state index contributed by atoms with van der Waals surface area (Å²) in [5, 5.41) is 14.2. The molecule has 0 atom stereocenters. The van der Waals surface area contributed by atoms with E-state index < -0.39 is 4.92 Å². The number of ether oxygens (including phenoxy) is 1. The van der Waals surface area contributed by atoms with E-state index in [4.69, 9.17) is 4.74 Å². The van der Waals surface area contributed by atoms with Gasteiger partial charge in [-0.05, 0) is 20.9 Å². The standard InChI is InChI=1S/C8H6BrN5O3/c1-17-7-5(9)4-10-8(11-7)13-3-2-6(12-13)14(15)16/h2-4H,1H3. The SMILES string of the molecule is COc1nc(-n2ccc([N+](=O)[O-])n2)ncc1Br. The van der Waals surface area contributed by atoms with Crippen LogP contribution in [0.25, 0.3) is 5.95 Å². The van der Waals surface area contributed by atoms with Crippen LogP contribution in [0.5, 0.6) is 5.88 Å². The van der Waals surface area contributed by atoms with Gasteiger partial charge >= 0.3 is 5.82 Å². The molecule has 9 heteroatoms. The van der Waals surface area contributed by atoms with Gasteiger partial charge in [0.1, 0.15) is 0 Å². The molecule has 17 heavy (non-hydrogen) atoms.